The van der Waals surface area contributed by atoms with Gasteiger partial charge in [0.2, 0.25) is 0 Å². The van der Waals surface area contributed by atoms with Gasteiger partial charge in [0.05, 0.1) is 0 Å². The molecule has 0 saturated heterocycles. The van der Waals surface area contributed by atoms with Crippen molar-refractivity contribution in [1.82, 2.24) is 9.97 Å². The molecule has 16 heavy (non-hydrogen) atoms. The molecule has 0 atom stereocenters. The van der Waals surface area contributed by atoms with Gasteiger partial charge in [0, 0.05) is 29.2 Å². The van der Waals surface area contributed by atoms with Gasteiger partial charge >= 0.3 is 0 Å². The number of fused-ring (bicyclic) bond motifs is 1. The van der Waals surface area contributed by atoms with Gasteiger partial charge in [-0.3, -0.25) is 0 Å². The average Bonchev–Trinajstić information content (AvgIpc) is 2.76. The van der Waals surface area contributed by atoms with Crippen LogP contribution in [0.5, 0.6) is 0 Å². The molecular weight excluding hydrogens is 202 g/mol. The first-order valence-electron chi connectivity index (χ1n) is 5.00. The van der Waals surface area contributed by atoms with Crippen LogP contribution in [-0.4, -0.2) is 16.5 Å². The maximum absolute atomic E-state index is 8.10. The fourth-order valence-electron chi connectivity index (χ4n) is 1.44. The highest BCUT2D eigenvalue weighted by Gasteiger charge is 1.94. The van der Waals surface area contributed by atoms with Crippen LogP contribution in [0.2, 0.25) is 0 Å². The summed E-state index contributed by atoms with van der Waals surface area (Å²) in [5.74, 6) is 0. The van der Waals surface area contributed by atoms with Gasteiger partial charge in [0.25, 0.3) is 0 Å². The van der Waals surface area contributed by atoms with E-state index in [2.05, 4.69) is 26.1 Å². The van der Waals surface area contributed by atoms with E-state index in [0.29, 0.717) is 6.54 Å². The minimum absolute atomic E-state index is 0.493. The number of rotatable bonds is 4. The number of aromatic amines is 1. The van der Waals surface area contributed by atoms with Crippen LogP contribution in [0.4, 0.5) is 0 Å². The molecule has 2 heterocycles. The third-order valence-electron chi connectivity index (χ3n) is 2.19. The van der Waals surface area contributed by atoms with Gasteiger partial charge in [-0.15, -0.1) is 0 Å². The number of H-pyrrole nitrogens is 1. The lowest BCUT2D eigenvalue weighted by Crippen LogP contribution is -1.79. The first kappa shape index (κ1) is 10.3. The van der Waals surface area contributed by atoms with Crippen LogP contribution in [0.1, 0.15) is 12.0 Å². The van der Waals surface area contributed by atoms with E-state index in [0.717, 1.165) is 23.0 Å². The maximum Gasteiger partial charge on any atom is 0.137 e. The van der Waals surface area contributed by atoms with Crippen LogP contribution in [0.15, 0.2) is 35.7 Å². The molecule has 0 aliphatic carbocycles. The van der Waals surface area contributed by atoms with E-state index in [-0.39, 0.29) is 0 Å². The second-order valence-corrected chi connectivity index (χ2v) is 3.33. The Morgan fingerprint density at radius 3 is 3.38 bits per heavy atom. The molecule has 1 N–H and O–H groups in total. The molecule has 0 fully saturated rings. The molecule has 0 bridgehead atoms. The van der Waals surface area contributed by atoms with Gasteiger partial charge in [0.1, 0.15) is 5.65 Å². The van der Waals surface area contributed by atoms with Crippen molar-refractivity contribution < 1.29 is 0 Å². The van der Waals surface area contributed by atoms with Gasteiger partial charge in [0.15, 0.2) is 0 Å². The predicted octanol–water partition coefficient (Wildman–Crippen LogP) is 3.28. The molecule has 2 aromatic heterocycles. The second kappa shape index (κ2) is 5.00. The summed E-state index contributed by atoms with van der Waals surface area (Å²) in [7, 11) is 0. The predicted molar refractivity (Wildman–Crippen MR) is 63.8 cm³/mol. The van der Waals surface area contributed by atoms with Crippen LogP contribution < -0.4 is 0 Å². The van der Waals surface area contributed by atoms with E-state index in [1.807, 2.05) is 30.6 Å². The Kier molecular flexibility index (Phi) is 3.21. The monoisotopic (exact) mass is 213 g/mol. The van der Waals surface area contributed by atoms with Gasteiger partial charge in [-0.05, 0) is 29.6 Å². The van der Waals surface area contributed by atoms with E-state index in [1.165, 1.54) is 0 Å². The Hall–Kier alpha value is -2.26. The Morgan fingerprint density at radius 2 is 2.50 bits per heavy atom. The minimum atomic E-state index is 0.493. The van der Waals surface area contributed by atoms with E-state index in [1.54, 1.807) is 0 Å². The van der Waals surface area contributed by atoms with Crippen molar-refractivity contribution >= 4 is 17.1 Å². The van der Waals surface area contributed by atoms with Crippen molar-refractivity contribution in [2.45, 2.75) is 6.42 Å². The quantitative estimate of drug-likeness (QED) is 0.359. The third-order valence-corrected chi connectivity index (χ3v) is 2.19. The van der Waals surface area contributed by atoms with Gasteiger partial charge < -0.3 is 4.98 Å². The largest absolute Gasteiger partial charge is 0.346 e. The van der Waals surface area contributed by atoms with Crippen molar-refractivity contribution in [2.24, 2.45) is 5.11 Å². The number of hydrogen-bond donors (Lipinski definition) is 1. The molecule has 5 nitrogen and oxygen atoms in total. The van der Waals surface area contributed by atoms with Crippen molar-refractivity contribution in [3.63, 3.8) is 0 Å². The van der Waals surface area contributed by atoms with Crippen molar-refractivity contribution in [3.05, 3.63) is 46.6 Å². The summed E-state index contributed by atoms with van der Waals surface area (Å²) in [5, 5.41) is 4.55. The first-order chi connectivity index (χ1) is 7.90. The lowest BCUT2D eigenvalue weighted by molar-refractivity contribution is 0.995. The van der Waals surface area contributed by atoms with Gasteiger partial charge in [-0.25, -0.2) is 4.98 Å². The number of aromatic nitrogens is 2. The Labute approximate surface area is 92.4 Å². The molecule has 0 radical (unpaired) electrons. The molecular formula is C11H11N5. The zero-order chi connectivity index (χ0) is 11.2. The highest BCUT2D eigenvalue weighted by atomic mass is 15.1. The summed E-state index contributed by atoms with van der Waals surface area (Å²) >= 11 is 0. The number of azide groups is 1. The third kappa shape index (κ3) is 2.40. The summed E-state index contributed by atoms with van der Waals surface area (Å²) in [6.45, 7) is 0.493. The molecule has 0 aromatic carbocycles. The van der Waals surface area contributed by atoms with E-state index in [4.69, 9.17) is 5.53 Å². The molecule has 0 amide bonds. The molecule has 0 spiro atoms. The fourth-order valence-corrected chi connectivity index (χ4v) is 1.44. The Balaban J connectivity index is 2.05. The normalized spacial score (nSPS) is 10.8. The molecule has 2 aromatic rings. The smallest absolute Gasteiger partial charge is 0.137 e. The lowest BCUT2D eigenvalue weighted by atomic mass is 10.2. The summed E-state index contributed by atoms with van der Waals surface area (Å²) in [6.07, 6.45) is 8.38. The summed E-state index contributed by atoms with van der Waals surface area (Å²) in [4.78, 5) is 10.00. The molecule has 2 rings (SSSR count). The van der Waals surface area contributed by atoms with Crippen LogP contribution in [-0.2, 0) is 0 Å². The zero-order valence-corrected chi connectivity index (χ0v) is 8.67. The number of pyridine rings is 1. The van der Waals surface area contributed by atoms with E-state index in [9.17, 15) is 0 Å². The maximum atomic E-state index is 8.10. The van der Waals surface area contributed by atoms with Crippen LogP contribution in [0, 0.1) is 0 Å². The average molecular weight is 213 g/mol. The number of nitrogens with zero attached hydrogens (tertiary/aromatic N) is 4. The SMILES string of the molecule is [N-]=[N+]=NCCC=Cc1cnc2[nH]ccc2c1. The van der Waals surface area contributed by atoms with Crippen molar-refractivity contribution in [3.8, 4) is 0 Å². The molecule has 5 heteroatoms. The highest BCUT2D eigenvalue weighted by Crippen LogP contribution is 2.12. The van der Waals surface area contributed by atoms with Crippen LogP contribution in [0.3, 0.4) is 0 Å². The number of nitrogens with one attached hydrogen (secondary N) is 1. The molecule has 0 aliphatic heterocycles. The summed E-state index contributed by atoms with van der Waals surface area (Å²) in [5.41, 5.74) is 10.0. The van der Waals surface area contributed by atoms with Gasteiger partial charge in [-0.1, -0.05) is 17.3 Å². The van der Waals surface area contributed by atoms with Gasteiger partial charge in [-0.2, -0.15) is 0 Å². The standard InChI is InChI=1S/C11H11N5/c12-16-15-5-2-1-3-9-7-10-4-6-13-11(10)14-8-9/h1,3-4,6-8H,2,5H2,(H,13,14). The Bertz CT molecular complexity index is 548. The van der Waals surface area contributed by atoms with Crippen LogP contribution in [0.25, 0.3) is 27.6 Å². The first-order valence-corrected chi connectivity index (χ1v) is 5.00. The van der Waals surface area contributed by atoms with Crippen molar-refractivity contribution in [1.29, 1.82) is 0 Å². The Morgan fingerprint density at radius 1 is 1.56 bits per heavy atom. The van der Waals surface area contributed by atoms with Crippen molar-refractivity contribution in [2.75, 3.05) is 6.54 Å². The summed E-state index contributed by atoms with van der Waals surface area (Å²) in [6, 6.07) is 4.04. The van der Waals surface area contributed by atoms with E-state index >= 15 is 0 Å². The minimum Gasteiger partial charge on any atom is -0.346 e. The second-order valence-electron chi connectivity index (χ2n) is 3.33. The molecule has 0 saturated carbocycles. The lowest BCUT2D eigenvalue weighted by Gasteiger charge is -1.93. The molecule has 0 aliphatic rings. The fraction of sp³-hybridized carbons (Fsp3) is 0.182. The van der Waals surface area contributed by atoms with Crippen LogP contribution >= 0.6 is 0 Å². The zero-order valence-electron chi connectivity index (χ0n) is 8.67. The van der Waals surface area contributed by atoms with E-state index < -0.39 is 0 Å². The highest BCUT2D eigenvalue weighted by molar-refractivity contribution is 5.77. The molecule has 0 unspecified atom stereocenters. The molecule has 80 valence electrons. The summed E-state index contributed by atoms with van der Waals surface area (Å²) < 4.78 is 0. The topological polar surface area (TPSA) is 77.4 Å². The number of hydrogen-bond acceptors (Lipinski definition) is 2.